The maximum absolute atomic E-state index is 12.1. The molecule has 1 N–H and O–H groups in total. The van der Waals surface area contributed by atoms with Gasteiger partial charge in [0.2, 0.25) is 5.91 Å². The van der Waals surface area contributed by atoms with Crippen LogP contribution in [0.5, 0.6) is 0 Å². The van der Waals surface area contributed by atoms with Gasteiger partial charge in [-0.15, -0.1) is 0 Å². The average molecular weight is 254 g/mol. The van der Waals surface area contributed by atoms with Gasteiger partial charge in [-0.3, -0.25) is 10.1 Å². The van der Waals surface area contributed by atoms with Crippen LogP contribution in [0.1, 0.15) is 25.6 Å². The number of ether oxygens (including phenoxy) is 1. The summed E-state index contributed by atoms with van der Waals surface area (Å²) in [6.45, 7) is 4.49. The van der Waals surface area contributed by atoms with Gasteiger partial charge in [0.15, 0.2) is 0 Å². The number of hydrogen-bond acceptors (Lipinski definition) is 4. The molecule has 1 amide bonds. The van der Waals surface area contributed by atoms with Gasteiger partial charge in [0.25, 0.3) is 0 Å². The predicted octanol–water partition coefficient (Wildman–Crippen LogP) is 1.60. The quantitative estimate of drug-likeness (QED) is 0.887. The molecule has 1 aromatic heterocycles. The highest BCUT2D eigenvalue weighted by Crippen LogP contribution is 2.27. The molecule has 4 nitrogen and oxygen atoms in total. The second-order valence-corrected chi connectivity index (χ2v) is 5.16. The molecule has 0 aromatic carbocycles. The lowest BCUT2D eigenvalue weighted by Gasteiger charge is -2.26. The Kier molecular flexibility index (Phi) is 3.81. The standard InChI is InChI=1S/C12H18N2O2S/c1-8(16-3)6-14-11(10-4-5-17-7-10)13-9(2)12(14)15/h4-5,7-9,11,13H,6H2,1-3H3. The molecular formula is C12H18N2O2S. The Morgan fingerprint density at radius 2 is 2.41 bits per heavy atom. The molecule has 94 valence electrons. The molecule has 0 radical (unpaired) electrons. The van der Waals surface area contributed by atoms with E-state index in [1.54, 1.807) is 18.4 Å². The van der Waals surface area contributed by atoms with Gasteiger partial charge in [-0.1, -0.05) is 0 Å². The molecule has 0 spiro atoms. The minimum absolute atomic E-state index is 0.0126. The Morgan fingerprint density at radius 3 is 3.00 bits per heavy atom. The van der Waals surface area contributed by atoms with E-state index in [0.29, 0.717) is 6.54 Å². The summed E-state index contributed by atoms with van der Waals surface area (Å²) in [5.41, 5.74) is 1.15. The summed E-state index contributed by atoms with van der Waals surface area (Å²) in [5.74, 6) is 0.144. The van der Waals surface area contributed by atoms with Crippen molar-refractivity contribution >= 4 is 17.2 Å². The highest BCUT2D eigenvalue weighted by Gasteiger charge is 2.37. The van der Waals surface area contributed by atoms with E-state index in [2.05, 4.69) is 16.8 Å². The predicted molar refractivity (Wildman–Crippen MR) is 67.8 cm³/mol. The first kappa shape index (κ1) is 12.5. The Hall–Kier alpha value is -0.910. The third-order valence-electron chi connectivity index (χ3n) is 3.09. The lowest BCUT2D eigenvalue weighted by molar-refractivity contribution is -0.131. The topological polar surface area (TPSA) is 41.6 Å². The number of carbonyl (C=O) groups excluding carboxylic acids is 1. The van der Waals surface area contributed by atoms with Crippen LogP contribution in [-0.4, -0.2) is 36.6 Å². The second-order valence-electron chi connectivity index (χ2n) is 4.38. The number of nitrogens with zero attached hydrogens (tertiary/aromatic N) is 1. The molecule has 1 aromatic rings. The fourth-order valence-corrected chi connectivity index (χ4v) is 2.71. The molecule has 2 heterocycles. The van der Waals surface area contributed by atoms with Gasteiger partial charge in [-0.05, 0) is 36.2 Å². The lowest BCUT2D eigenvalue weighted by Crippen LogP contribution is -2.36. The third-order valence-corrected chi connectivity index (χ3v) is 3.79. The maximum atomic E-state index is 12.1. The fraction of sp³-hybridized carbons (Fsp3) is 0.583. The normalized spacial score (nSPS) is 26.5. The van der Waals surface area contributed by atoms with Crippen molar-refractivity contribution in [2.45, 2.75) is 32.2 Å². The molecule has 1 aliphatic heterocycles. The number of methoxy groups -OCH3 is 1. The van der Waals surface area contributed by atoms with Crippen LogP contribution in [0.2, 0.25) is 0 Å². The van der Waals surface area contributed by atoms with Gasteiger partial charge < -0.3 is 9.64 Å². The molecule has 0 aliphatic carbocycles. The smallest absolute Gasteiger partial charge is 0.241 e. The molecule has 0 saturated carbocycles. The SMILES string of the molecule is COC(C)CN1C(=O)C(C)NC1c1ccsc1. The summed E-state index contributed by atoms with van der Waals surface area (Å²) in [6.07, 6.45) is 0.0357. The molecular weight excluding hydrogens is 236 g/mol. The highest BCUT2D eigenvalue weighted by atomic mass is 32.1. The second kappa shape index (κ2) is 5.16. The fourth-order valence-electron chi connectivity index (χ4n) is 2.03. The summed E-state index contributed by atoms with van der Waals surface area (Å²) < 4.78 is 5.24. The molecule has 1 aliphatic rings. The van der Waals surface area contributed by atoms with Gasteiger partial charge in [-0.2, -0.15) is 11.3 Å². The van der Waals surface area contributed by atoms with Gasteiger partial charge in [0, 0.05) is 13.7 Å². The largest absolute Gasteiger partial charge is 0.380 e. The summed E-state index contributed by atoms with van der Waals surface area (Å²) in [6, 6.07) is 1.93. The van der Waals surface area contributed by atoms with Crippen LogP contribution in [0, 0.1) is 0 Å². The molecule has 0 bridgehead atoms. The van der Waals surface area contributed by atoms with Crippen LogP contribution >= 0.6 is 11.3 Å². The van der Waals surface area contributed by atoms with Gasteiger partial charge in [0.1, 0.15) is 6.17 Å². The van der Waals surface area contributed by atoms with Gasteiger partial charge in [-0.25, -0.2) is 0 Å². The molecule has 2 rings (SSSR count). The number of rotatable bonds is 4. The van der Waals surface area contributed by atoms with Crippen LogP contribution < -0.4 is 5.32 Å². The zero-order valence-electron chi connectivity index (χ0n) is 10.3. The highest BCUT2D eigenvalue weighted by molar-refractivity contribution is 7.07. The lowest BCUT2D eigenvalue weighted by atomic mass is 10.2. The van der Waals surface area contributed by atoms with Crippen molar-refractivity contribution in [3.05, 3.63) is 22.4 Å². The Bertz CT molecular complexity index is 380. The molecule has 17 heavy (non-hydrogen) atoms. The van der Waals surface area contributed by atoms with E-state index in [4.69, 9.17) is 4.74 Å². The van der Waals surface area contributed by atoms with Gasteiger partial charge >= 0.3 is 0 Å². The molecule has 3 atom stereocenters. The van der Waals surface area contributed by atoms with Crippen LogP contribution in [0.4, 0.5) is 0 Å². The van der Waals surface area contributed by atoms with E-state index in [1.165, 1.54) is 0 Å². The van der Waals surface area contributed by atoms with E-state index in [0.717, 1.165) is 5.56 Å². The van der Waals surface area contributed by atoms with Crippen molar-refractivity contribution in [1.82, 2.24) is 10.2 Å². The van der Waals surface area contributed by atoms with Crippen molar-refractivity contribution in [1.29, 1.82) is 0 Å². The van der Waals surface area contributed by atoms with E-state index in [-0.39, 0.29) is 24.2 Å². The first-order valence-corrected chi connectivity index (χ1v) is 6.69. The Balaban J connectivity index is 2.16. The van der Waals surface area contributed by atoms with Crippen molar-refractivity contribution in [2.24, 2.45) is 0 Å². The monoisotopic (exact) mass is 254 g/mol. The summed E-state index contributed by atoms with van der Waals surface area (Å²) in [4.78, 5) is 13.9. The number of thiophene rings is 1. The van der Waals surface area contributed by atoms with E-state index < -0.39 is 0 Å². The summed E-state index contributed by atoms with van der Waals surface area (Å²) in [7, 11) is 1.67. The van der Waals surface area contributed by atoms with Crippen molar-refractivity contribution in [3.8, 4) is 0 Å². The molecule has 5 heteroatoms. The number of hydrogen-bond donors (Lipinski definition) is 1. The van der Waals surface area contributed by atoms with E-state index in [9.17, 15) is 4.79 Å². The minimum atomic E-state index is -0.121. The van der Waals surface area contributed by atoms with Crippen LogP contribution in [0.25, 0.3) is 0 Å². The minimum Gasteiger partial charge on any atom is -0.380 e. The summed E-state index contributed by atoms with van der Waals surface area (Å²) in [5, 5.41) is 7.42. The number of nitrogens with one attached hydrogen (secondary N) is 1. The van der Waals surface area contributed by atoms with Crippen molar-refractivity contribution < 1.29 is 9.53 Å². The van der Waals surface area contributed by atoms with E-state index >= 15 is 0 Å². The van der Waals surface area contributed by atoms with Crippen molar-refractivity contribution in [2.75, 3.05) is 13.7 Å². The number of carbonyl (C=O) groups is 1. The third kappa shape index (κ3) is 2.51. The molecule has 1 saturated heterocycles. The van der Waals surface area contributed by atoms with Crippen LogP contribution in [-0.2, 0) is 9.53 Å². The zero-order valence-corrected chi connectivity index (χ0v) is 11.2. The van der Waals surface area contributed by atoms with Crippen LogP contribution in [0.3, 0.4) is 0 Å². The molecule has 1 fully saturated rings. The van der Waals surface area contributed by atoms with Crippen molar-refractivity contribution in [3.63, 3.8) is 0 Å². The average Bonchev–Trinajstić information content (AvgIpc) is 2.92. The first-order valence-electron chi connectivity index (χ1n) is 5.75. The van der Waals surface area contributed by atoms with E-state index in [1.807, 2.05) is 24.1 Å². The number of amides is 1. The maximum Gasteiger partial charge on any atom is 0.241 e. The van der Waals surface area contributed by atoms with Crippen LogP contribution in [0.15, 0.2) is 16.8 Å². The molecule has 3 unspecified atom stereocenters. The Morgan fingerprint density at radius 1 is 1.65 bits per heavy atom. The first-order chi connectivity index (χ1) is 8.13. The van der Waals surface area contributed by atoms with Gasteiger partial charge in [0.05, 0.1) is 12.1 Å². The summed E-state index contributed by atoms with van der Waals surface area (Å²) >= 11 is 1.65. The Labute approximate surface area is 106 Å². The zero-order chi connectivity index (χ0) is 12.4.